The fraction of sp³-hybridized carbons (Fsp3) is 0.316. The van der Waals surface area contributed by atoms with Gasteiger partial charge in [-0.25, -0.2) is 0 Å². The molecule has 3 rings (SSSR count). The number of anilines is 1. The summed E-state index contributed by atoms with van der Waals surface area (Å²) in [5.41, 5.74) is 2.93. The summed E-state index contributed by atoms with van der Waals surface area (Å²) in [6.45, 7) is 5.39. The van der Waals surface area contributed by atoms with Crippen molar-refractivity contribution in [2.45, 2.75) is 20.3 Å². The zero-order chi connectivity index (χ0) is 17.8. The van der Waals surface area contributed by atoms with Gasteiger partial charge in [0.25, 0.3) is 0 Å². The van der Waals surface area contributed by atoms with E-state index in [1.807, 2.05) is 26.0 Å². The fourth-order valence-corrected chi connectivity index (χ4v) is 3.07. The second-order valence-electron chi connectivity index (χ2n) is 5.95. The van der Waals surface area contributed by atoms with E-state index >= 15 is 0 Å². The molecule has 0 atom stereocenters. The Morgan fingerprint density at radius 3 is 2.40 bits per heavy atom. The monoisotopic (exact) mass is 405 g/mol. The Labute approximate surface area is 155 Å². The molecule has 2 aromatic rings. The van der Waals surface area contributed by atoms with Gasteiger partial charge in [0.15, 0.2) is 11.5 Å². The van der Waals surface area contributed by atoms with Crippen LogP contribution in [0.25, 0.3) is 0 Å². The number of benzene rings is 2. The quantitative estimate of drug-likeness (QED) is 0.807. The third-order valence-electron chi connectivity index (χ3n) is 3.70. The highest BCUT2D eigenvalue weighted by Gasteiger charge is 2.16. The number of aryl methyl sites for hydroxylation is 2. The molecule has 0 unspecified atom stereocenters. The number of amides is 1. The molecule has 2 aromatic carbocycles. The molecule has 132 valence electrons. The highest BCUT2D eigenvalue weighted by atomic mass is 79.9. The molecule has 0 radical (unpaired) electrons. The first-order valence-electron chi connectivity index (χ1n) is 8.11. The van der Waals surface area contributed by atoms with Gasteiger partial charge in [0.1, 0.15) is 19.0 Å². The Bertz CT molecular complexity index is 771. The van der Waals surface area contributed by atoms with Crippen LogP contribution in [-0.2, 0) is 4.79 Å². The van der Waals surface area contributed by atoms with Crippen LogP contribution in [-0.4, -0.2) is 25.7 Å². The van der Waals surface area contributed by atoms with Crippen molar-refractivity contribution in [2.75, 3.05) is 25.1 Å². The third kappa shape index (κ3) is 4.66. The summed E-state index contributed by atoms with van der Waals surface area (Å²) in [4.78, 5) is 12.2. The first-order chi connectivity index (χ1) is 12.0. The van der Waals surface area contributed by atoms with E-state index in [0.29, 0.717) is 37.0 Å². The van der Waals surface area contributed by atoms with Crippen LogP contribution in [0.5, 0.6) is 17.2 Å². The summed E-state index contributed by atoms with van der Waals surface area (Å²) in [6, 6.07) is 9.57. The normalized spacial score (nSPS) is 12.6. The van der Waals surface area contributed by atoms with Crippen molar-refractivity contribution in [3.05, 3.63) is 45.9 Å². The van der Waals surface area contributed by atoms with Gasteiger partial charge in [0, 0.05) is 16.6 Å². The molecular weight excluding hydrogens is 386 g/mol. The van der Waals surface area contributed by atoms with E-state index in [4.69, 9.17) is 14.2 Å². The molecule has 0 saturated heterocycles. The van der Waals surface area contributed by atoms with E-state index in [0.717, 1.165) is 21.3 Å². The molecule has 1 amide bonds. The number of carbonyl (C=O) groups is 1. The lowest BCUT2D eigenvalue weighted by Crippen LogP contribution is -2.18. The number of ether oxygens (including phenoxy) is 3. The van der Waals surface area contributed by atoms with Crippen LogP contribution >= 0.6 is 15.9 Å². The van der Waals surface area contributed by atoms with Gasteiger partial charge in [-0.3, -0.25) is 4.79 Å². The predicted molar refractivity (Wildman–Crippen MR) is 99.8 cm³/mol. The van der Waals surface area contributed by atoms with Crippen LogP contribution in [0.2, 0.25) is 0 Å². The minimum Gasteiger partial charge on any atom is -0.493 e. The SMILES string of the molecule is Cc1cc(C)cc(OCCC(=O)Nc2cc3c(cc2Br)OCCO3)c1. The number of halogens is 1. The Morgan fingerprint density at radius 1 is 1.08 bits per heavy atom. The summed E-state index contributed by atoms with van der Waals surface area (Å²) < 4.78 is 17.5. The maximum atomic E-state index is 12.2. The van der Waals surface area contributed by atoms with Crippen molar-refractivity contribution < 1.29 is 19.0 Å². The van der Waals surface area contributed by atoms with Crippen molar-refractivity contribution in [1.82, 2.24) is 0 Å². The molecule has 0 saturated carbocycles. The number of hydrogen-bond donors (Lipinski definition) is 1. The first kappa shape index (κ1) is 17.6. The summed E-state index contributed by atoms with van der Waals surface area (Å²) >= 11 is 3.44. The molecule has 1 aliphatic rings. The molecule has 0 fully saturated rings. The molecule has 25 heavy (non-hydrogen) atoms. The molecule has 1 aliphatic heterocycles. The fourth-order valence-electron chi connectivity index (χ4n) is 2.65. The van der Waals surface area contributed by atoms with E-state index in [-0.39, 0.29) is 12.3 Å². The van der Waals surface area contributed by atoms with Gasteiger partial charge in [0.2, 0.25) is 5.91 Å². The molecule has 6 heteroatoms. The van der Waals surface area contributed by atoms with Crippen LogP contribution in [0.1, 0.15) is 17.5 Å². The van der Waals surface area contributed by atoms with Gasteiger partial charge in [-0.05, 0) is 53.0 Å². The maximum absolute atomic E-state index is 12.2. The van der Waals surface area contributed by atoms with Crippen LogP contribution in [0.15, 0.2) is 34.8 Å². The van der Waals surface area contributed by atoms with Gasteiger partial charge < -0.3 is 19.5 Å². The zero-order valence-corrected chi connectivity index (χ0v) is 15.8. The molecule has 0 aromatic heterocycles. The van der Waals surface area contributed by atoms with Crippen LogP contribution < -0.4 is 19.5 Å². The summed E-state index contributed by atoms with van der Waals surface area (Å²) in [7, 11) is 0. The average molecular weight is 406 g/mol. The first-order valence-corrected chi connectivity index (χ1v) is 8.90. The lowest BCUT2D eigenvalue weighted by molar-refractivity contribution is -0.116. The molecule has 1 N–H and O–H groups in total. The molecule has 1 heterocycles. The van der Waals surface area contributed by atoms with Gasteiger partial charge in [-0.1, -0.05) is 6.07 Å². The van der Waals surface area contributed by atoms with Gasteiger partial charge in [-0.15, -0.1) is 0 Å². The number of nitrogens with one attached hydrogen (secondary N) is 1. The Balaban J connectivity index is 1.56. The highest BCUT2D eigenvalue weighted by molar-refractivity contribution is 9.10. The minimum atomic E-state index is -0.123. The van der Waals surface area contributed by atoms with Gasteiger partial charge in [-0.2, -0.15) is 0 Å². The third-order valence-corrected chi connectivity index (χ3v) is 4.36. The maximum Gasteiger partial charge on any atom is 0.227 e. The van der Waals surface area contributed by atoms with Gasteiger partial charge >= 0.3 is 0 Å². The van der Waals surface area contributed by atoms with Gasteiger partial charge in [0.05, 0.1) is 18.7 Å². The largest absolute Gasteiger partial charge is 0.493 e. The zero-order valence-electron chi connectivity index (χ0n) is 14.2. The minimum absolute atomic E-state index is 0.123. The van der Waals surface area contributed by atoms with E-state index in [1.165, 1.54) is 0 Å². The summed E-state index contributed by atoms with van der Waals surface area (Å²) in [6.07, 6.45) is 0.258. The van der Waals surface area contributed by atoms with Crippen molar-refractivity contribution in [2.24, 2.45) is 0 Å². The highest BCUT2D eigenvalue weighted by Crippen LogP contribution is 2.38. The Morgan fingerprint density at radius 2 is 1.72 bits per heavy atom. The summed E-state index contributed by atoms with van der Waals surface area (Å²) in [5.74, 6) is 1.97. The predicted octanol–water partition coefficient (Wildman–Crippen LogP) is 4.24. The number of carbonyl (C=O) groups excluding carboxylic acids is 1. The second-order valence-corrected chi connectivity index (χ2v) is 6.80. The van der Waals surface area contributed by atoms with Crippen molar-refractivity contribution in [1.29, 1.82) is 0 Å². The van der Waals surface area contributed by atoms with E-state index in [9.17, 15) is 4.79 Å². The average Bonchev–Trinajstić information content (AvgIpc) is 2.54. The number of fused-ring (bicyclic) bond motifs is 1. The molecule has 5 nitrogen and oxygen atoms in total. The number of rotatable bonds is 5. The molecule has 0 spiro atoms. The van der Waals surface area contributed by atoms with E-state index < -0.39 is 0 Å². The van der Waals surface area contributed by atoms with Crippen molar-refractivity contribution in [3.8, 4) is 17.2 Å². The topological polar surface area (TPSA) is 56.8 Å². The summed E-state index contributed by atoms with van der Waals surface area (Å²) in [5, 5.41) is 2.87. The van der Waals surface area contributed by atoms with Crippen molar-refractivity contribution >= 4 is 27.5 Å². The standard InChI is InChI=1S/C19H20BrNO4/c1-12-7-13(2)9-14(8-12)23-4-3-19(22)21-16-11-18-17(10-15(16)20)24-5-6-25-18/h7-11H,3-6H2,1-2H3,(H,21,22). The number of hydrogen-bond acceptors (Lipinski definition) is 4. The lowest BCUT2D eigenvalue weighted by atomic mass is 10.1. The lowest BCUT2D eigenvalue weighted by Gasteiger charge is -2.20. The van der Waals surface area contributed by atoms with Crippen LogP contribution in [0.3, 0.4) is 0 Å². The molecular formula is C19H20BrNO4. The Kier molecular flexibility index (Phi) is 5.48. The second kappa shape index (κ2) is 7.78. The van der Waals surface area contributed by atoms with Crippen LogP contribution in [0, 0.1) is 13.8 Å². The van der Waals surface area contributed by atoms with E-state index in [2.05, 4.69) is 27.3 Å². The Hall–Kier alpha value is -2.21. The van der Waals surface area contributed by atoms with Crippen LogP contribution in [0.4, 0.5) is 5.69 Å². The molecule has 0 aliphatic carbocycles. The van der Waals surface area contributed by atoms with E-state index in [1.54, 1.807) is 12.1 Å². The smallest absolute Gasteiger partial charge is 0.227 e. The van der Waals surface area contributed by atoms with Crippen molar-refractivity contribution in [3.63, 3.8) is 0 Å². The molecule has 0 bridgehead atoms.